The van der Waals surface area contributed by atoms with Crippen molar-refractivity contribution in [1.29, 1.82) is 0 Å². The topological polar surface area (TPSA) is 111 Å². The molecule has 0 aromatic carbocycles. The van der Waals surface area contributed by atoms with Gasteiger partial charge in [0.2, 0.25) is 0 Å². The smallest absolute Gasteiger partial charge is 0.306 e. The van der Waals surface area contributed by atoms with Gasteiger partial charge in [0.1, 0.15) is 13.2 Å². The van der Waals surface area contributed by atoms with Crippen molar-refractivity contribution in [2.24, 2.45) is 0 Å². The van der Waals surface area contributed by atoms with Gasteiger partial charge in [0, 0.05) is 12.8 Å². The predicted molar refractivity (Wildman–Crippen MR) is 315 cm³/mol. The van der Waals surface area contributed by atoms with E-state index in [1.807, 2.05) is 21.1 Å². The number of carboxylic acids is 1. The maximum absolute atomic E-state index is 12.9. The van der Waals surface area contributed by atoms with Crippen molar-refractivity contribution >= 4 is 17.9 Å². The third-order valence-corrected chi connectivity index (χ3v) is 13.7. The minimum absolute atomic E-state index is 0.144. The van der Waals surface area contributed by atoms with Gasteiger partial charge in [-0.2, -0.15) is 0 Å². The normalized spacial score (nSPS) is 13.1. The van der Waals surface area contributed by atoms with E-state index in [0.29, 0.717) is 17.4 Å². The van der Waals surface area contributed by atoms with Gasteiger partial charge in [-0.25, -0.2) is 0 Å². The van der Waals surface area contributed by atoms with Gasteiger partial charge in [-0.15, -0.1) is 0 Å². The number of carbonyl (C=O) groups excluding carboxylic acids is 3. The lowest BCUT2D eigenvalue weighted by atomic mass is 10.0. The quantitative estimate of drug-likeness (QED) is 0.0195. The van der Waals surface area contributed by atoms with E-state index in [9.17, 15) is 19.5 Å². The number of esters is 2. The Bertz CT molecular complexity index is 1410. The van der Waals surface area contributed by atoms with Crippen LogP contribution >= 0.6 is 0 Å². The van der Waals surface area contributed by atoms with E-state index < -0.39 is 24.3 Å². The van der Waals surface area contributed by atoms with Gasteiger partial charge < -0.3 is 33.3 Å². The first-order valence-corrected chi connectivity index (χ1v) is 31.4. The Labute approximate surface area is 463 Å². The summed E-state index contributed by atoms with van der Waals surface area (Å²) >= 11 is 0. The third-order valence-electron chi connectivity index (χ3n) is 13.7. The summed E-state index contributed by atoms with van der Waals surface area (Å²) in [6.07, 6.45) is 69.9. The number of carbonyl (C=O) groups is 3. The van der Waals surface area contributed by atoms with E-state index in [4.69, 9.17) is 18.9 Å². The summed E-state index contributed by atoms with van der Waals surface area (Å²) in [5.74, 6) is -2.29. The van der Waals surface area contributed by atoms with Crippen molar-refractivity contribution in [3.8, 4) is 0 Å². The van der Waals surface area contributed by atoms with E-state index in [1.165, 1.54) is 173 Å². The van der Waals surface area contributed by atoms with Gasteiger partial charge in [0.25, 0.3) is 0 Å². The molecule has 2 unspecified atom stereocenters. The molecule has 0 aliphatic rings. The molecule has 0 aliphatic carbocycles. The van der Waals surface area contributed by atoms with Crippen LogP contribution in [0.25, 0.3) is 0 Å². The lowest BCUT2D eigenvalue weighted by molar-refractivity contribution is -0.870. The molecule has 0 rings (SSSR count). The molecule has 2 atom stereocenters. The second kappa shape index (κ2) is 57.2. The largest absolute Gasteiger partial charge is 0.545 e. The van der Waals surface area contributed by atoms with Crippen LogP contribution in [0, 0.1) is 0 Å². The van der Waals surface area contributed by atoms with Crippen LogP contribution in [0.4, 0.5) is 0 Å². The van der Waals surface area contributed by atoms with Gasteiger partial charge in [-0.1, -0.05) is 248 Å². The highest BCUT2D eigenvalue weighted by Gasteiger charge is 2.22. The van der Waals surface area contributed by atoms with E-state index >= 15 is 0 Å². The molecule has 0 fully saturated rings. The lowest BCUT2D eigenvalue weighted by Crippen LogP contribution is -2.44. The van der Waals surface area contributed by atoms with Crippen LogP contribution in [0.1, 0.15) is 284 Å². The van der Waals surface area contributed by atoms with Crippen molar-refractivity contribution in [1.82, 2.24) is 0 Å². The maximum atomic E-state index is 12.9. The summed E-state index contributed by atoms with van der Waals surface area (Å²) in [5, 5.41) is 11.8. The van der Waals surface area contributed by atoms with Gasteiger partial charge >= 0.3 is 11.9 Å². The number of nitrogens with zero attached hydrogens (tertiary/aromatic N) is 1. The molecule has 0 aromatic rings. The number of likely N-dealkylation sites (N-methyl/N-ethyl adjacent to an activating group) is 1. The van der Waals surface area contributed by atoms with E-state index in [-0.39, 0.29) is 38.6 Å². The van der Waals surface area contributed by atoms with E-state index in [0.717, 1.165) is 77.0 Å². The molecule has 436 valence electrons. The fourth-order valence-electron chi connectivity index (χ4n) is 8.87. The summed E-state index contributed by atoms with van der Waals surface area (Å²) in [4.78, 5) is 37.4. The van der Waals surface area contributed by atoms with Crippen molar-refractivity contribution in [3.63, 3.8) is 0 Å². The molecule has 0 aromatic heterocycles. The molecule has 9 nitrogen and oxygen atoms in total. The van der Waals surface area contributed by atoms with Crippen LogP contribution in [0.3, 0.4) is 0 Å². The van der Waals surface area contributed by atoms with Crippen LogP contribution < -0.4 is 5.11 Å². The zero-order valence-corrected chi connectivity index (χ0v) is 49.7. The number of ether oxygens (including phenoxy) is 4. The Morgan fingerprint density at radius 1 is 0.400 bits per heavy atom. The molecule has 9 heteroatoms. The van der Waals surface area contributed by atoms with Crippen LogP contribution in [0.15, 0.2) is 60.8 Å². The summed E-state index contributed by atoms with van der Waals surface area (Å²) in [5.41, 5.74) is 0. The summed E-state index contributed by atoms with van der Waals surface area (Å²) in [6.45, 7) is 4.74. The first kappa shape index (κ1) is 72.0. The number of aliphatic carboxylic acids is 1. The van der Waals surface area contributed by atoms with Gasteiger partial charge in [-0.3, -0.25) is 9.59 Å². The molecule has 0 heterocycles. The monoisotopic (exact) mass is 1050 g/mol. The van der Waals surface area contributed by atoms with Crippen LogP contribution in [-0.2, 0) is 33.3 Å². The molecule has 0 N–H and O–H groups in total. The van der Waals surface area contributed by atoms with E-state index in [2.05, 4.69) is 74.6 Å². The zero-order valence-electron chi connectivity index (χ0n) is 49.7. The average Bonchev–Trinajstić information content (AvgIpc) is 3.38. The Morgan fingerprint density at radius 2 is 0.720 bits per heavy atom. The number of hydrogen-bond acceptors (Lipinski definition) is 8. The minimum atomic E-state index is -1.63. The van der Waals surface area contributed by atoms with Crippen LogP contribution in [0.5, 0.6) is 0 Å². The second-order valence-electron chi connectivity index (χ2n) is 22.3. The molecule has 0 bridgehead atoms. The molecule has 0 saturated carbocycles. The molecule has 0 amide bonds. The lowest BCUT2D eigenvalue weighted by Gasteiger charge is -2.26. The first-order valence-electron chi connectivity index (χ1n) is 31.4. The van der Waals surface area contributed by atoms with Gasteiger partial charge in [-0.05, 0) is 83.5 Å². The molecule has 0 radical (unpaired) electrons. The number of hydrogen-bond donors (Lipinski definition) is 0. The average molecular weight is 1050 g/mol. The fourth-order valence-corrected chi connectivity index (χ4v) is 8.87. The fraction of sp³-hybridized carbons (Fsp3) is 0.803. The molecule has 0 saturated heterocycles. The third kappa shape index (κ3) is 58.5. The Kier molecular flexibility index (Phi) is 54.9. The summed E-state index contributed by atoms with van der Waals surface area (Å²) in [7, 11) is 5.92. The SMILES string of the molecule is CCCCCCC/C=C\C/C=C\C/C=C\CCCCCCCCC(=O)OC(COC(=O)CCCCCCCCCCCCCCCCCCC/C=C\C/C=C\CCCCCCC)COC(OCC[N+](C)(C)C)C(=O)[O-]. The summed E-state index contributed by atoms with van der Waals surface area (Å²) in [6, 6.07) is 0. The molecule has 0 spiro atoms. The minimum Gasteiger partial charge on any atom is -0.545 e. The highest BCUT2D eigenvalue weighted by molar-refractivity contribution is 5.70. The molecular formula is C66H119NO8. The highest BCUT2D eigenvalue weighted by atomic mass is 16.7. The van der Waals surface area contributed by atoms with Crippen LogP contribution in [-0.4, -0.2) is 82.3 Å². The number of rotatable bonds is 58. The van der Waals surface area contributed by atoms with Crippen molar-refractivity contribution in [2.75, 3.05) is 47.5 Å². The number of carboxylic acid groups (broad SMARTS) is 1. The van der Waals surface area contributed by atoms with Crippen molar-refractivity contribution in [3.05, 3.63) is 60.8 Å². The standard InChI is InChI=1S/C66H119NO8/c1-6-8-10-12-14-16-18-20-22-24-26-28-29-30-31-32-33-34-35-37-38-40-42-44-46-48-50-52-54-56-63(68)73-60-62(61-74-66(65(70)71)72-59-58-67(3,4)5)75-64(69)57-55-53-51-49-47-45-43-41-39-36-27-25-23-21-19-17-15-13-11-9-7-2/h18-21,24-27,39,41,62,66H,6-17,22-23,28-38,40,42-61H2,1-5H3/b20-18-,21-19-,26-24-,27-25-,41-39-. The van der Waals surface area contributed by atoms with Crippen molar-refractivity contribution in [2.45, 2.75) is 296 Å². The van der Waals surface area contributed by atoms with E-state index in [1.54, 1.807) is 0 Å². The van der Waals surface area contributed by atoms with Crippen molar-refractivity contribution < 1.29 is 42.9 Å². The Balaban J connectivity index is 4.17. The number of allylic oxidation sites excluding steroid dienone is 10. The van der Waals surface area contributed by atoms with Gasteiger partial charge in [0.15, 0.2) is 12.4 Å². The zero-order chi connectivity index (χ0) is 54.8. The number of quaternary nitrogens is 1. The molecule has 0 aliphatic heterocycles. The second-order valence-corrected chi connectivity index (χ2v) is 22.3. The molecule has 75 heavy (non-hydrogen) atoms. The summed E-state index contributed by atoms with van der Waals surface area (Å²) < 4.78 is 22.7. The Morgan fingerprint density at radius 3 is 1.07 bits per heavy atom. The van der Waals surface area contributed by atoms with Gasteiger partial charge in [0.05, 0.1) is 40.3 Å². The first-order chi connectivity index (χ1) is 36.6. The Hall–Kier alpha value is -3.01. The number of unbranched alkanes of at least 4 members (excludes halogenated alkanes) is 33. The van der Waals surface area contributed by atoms with Crippen LogP contribution in [0.2, 0.25) is 0 Å². The predicted octanol–water partition coefficient (Wildman–Crippen LogP) is 17.5. The molecular weight excluding hydrogens is 935 g/mol. The maximum Gasteiger partial charge on any atom is 0.306 e. The highest BCUT2D eigenvalue weighted by Crippen LogP contribution is 2.17.